The van der Waals surface area contributed by atoms with Gasteiger partial charge >= 0.3 is 0 Å². The average Bonchev–Trinajstić information content (AvgIpc) is 1.86. The first kappa shape index (κ1) is 8.14. The lowest BCUT2D eigenvalue weighted by Gasteiger charge is -2.06. The van der Waals surface area contributed by atoms with Gasteiger partial charge in [0.05, 0.1) is 5.29 Å². The van der Waals surface area contributed by atoms with Crippen LogP contribution in [-0.4, -0.2) is 17.4 Å². The fourth-order valence-corrected chi connectivity index (χ4v) is 0.246. The third-order valence-corrected chi connectivity index (χ3v) is 0.489. The highest BCUT2D eigenvalue weighted by molar-refractivity contribution is 5.76. The van der Waals surface area contributed by atoms with E-state index in [1.165, 1.54) is 0 Å². The molecule has 0 heterocycles. The van der Waals surface area contributed by atoms with E-state index in [9.17, 15) is 4.91 Å². The predicted molar refractivity (Wildman–Crippen MR) is 35.4 cm³/mol. The van der Waals surface area contributed by atoms with Crippen molar-refractivity contribution in [2.24, 2.45) is 21.9 Å². The molecule has 0 aliphatic carbocycles. The molecule has 0 fully saturated rings. The van der Waals surface area contributed by atoms with Gasteiger partial charge in [0.25, 0.3) is 0 Å². The number of hydrazone groups is 1. The maximum atomic E-state index is 9.50. The van der Waals surface area contributed by atoms with E-state index in [0.717, 1.165) is 0 Å². The van der Waals surface area contributed by atoms with Crippen LogP contribution in [0, 0.1) is 10.3 Å². The van der Waals surface area contributed by atoms with Crippen LogP contribution < -0.4 is 17.0 Å². The Labute approximate surface area is 56.3 Å². The first-order chi connectivity index (χ1) is 4.70. The van der Waals surface area contributed by atoms with Crippen LogP contribution in [0.15, 0.2) is 10.4 Å². The fraction of sp³-hybridized carbons (Fsp3) is 0. The van der Waals surface area contributed by atoms with E-state index in [4.69, 9.17) is 16.9 Å². The Morgan fingerprint density at radius 1 is 1.70 bits per heavy atom. The summed E-state index contributed by atoms with van der Waals surface area (Å²) in [5, 5.41) is 12.7. The second-order valence-electron chi connectivity index (χ2n) is 1.19. The summed E-state index contributed by atoms with van der Waals surface area (Å²) < 4.78 is 0. The highest BCUT2D eigenvalue weighted by Gasteiger charge is 1.91. The van der Waals surface area contributed by atoms with Crippen LogP contribution in [0.5, 0.6) is 0 Å². The van der Waals surface area contributed by atoms with Crippen LogP contribution in [0.2, 0.25) is 0 Å². The quantitative estimate of drug-likeness (QED) is 0.161. The summed E-state index contributed by atoms with van der Waals surface area (Å²) in [6, 6.07) is 0. The second-order valence-corrected chi connectivity index (χ2v) is 1.19. The van der Waals surface area contributed by atoms with Gasteiger partial charge < -0.3 is 11.5 Å². The van der Waals surface area contributed by atoms with Crippen molar-refractivity contribution in [3.63, 3.8) is 0 Å². The van der Waals surface area contributed by atoms with Gasteiger partial charge in [0.15, 0.2) is 0 Å². The molecule has 0 unspecified atom stereocenters. The Balaban J connectivity index is 3.94. The summed E-state index contributed by atoms with van der Waals surface area (Å²) in [4.78, 5) is 9.50. The summed E-state index contributed by atoms with van der Waals surface area (Å²) in [6.07, 6.45) is 0.682. The average molecular weight is 145 g/mol. The summed E-state index contributed by atoms with van der Waals surface area (Å²) in [5.74, 6) is -0.278. The lowest BCUT2D eigenvalue weighted by molar-refractivity contribution is 0.337. The van der Waals surface area contributed by atoms with Gasteiger partial charge in [-0.3, -0.25) is 5.41 Å². The normalized spacial score (nSPS) is 7.60. The molecule has 0 aromatic rings. The number of rotatable bonds is 4. The molecule has 0 aliphatic heterocycles. The van der Waals surface area contributed by atoms with Gasteiger partial charge in [-0.25, -0.2) is 0 Å². The van der Waals surface area contributed by atoms with Gasteiger partial charge in [-0.2, -0.15) is 5.53 Å². The van der Waals surface area contributed by atoms with E-state index in [0.29, 0.717) is 11.5 Å². The number of hydrogen-bond acceptors (Lipinski definition) is 4. The highest BCUT2D eigenvalue weighted by Crippen LogP contribution is 1.74. The zero-order chi connectivity index (χ0) is 7.98. The third kappa shape index (κ3) is 3.18. The standard InChI is InChI=1S/C2H7N7O/c3-1-9(7-8-10)6-2(4)5/h1,3H,(H,7,10)(H4,4,5,6). The molecular formula is C2H7N7O. The van der Waals surface area contributed by atoms with E-state index in [-0.39, 0.29) is 5.96 Å². The summed E-state index contributed by atoms with van der Waals surface area (Å²) in [6.45, 7) is 0. The lowest BCUT2D eigenvalue weighted by Crippen LogP contribution is -2.33. The molecule has 0 aromatic carbocycles. The molecule has 0 saturated carbocycles. The van der Waals surface area contributed by atoms with Gasteiger partial charge in [0.2, 0.25) is 5.96 Å². The van der Waals surface area contributed by atoms with Crippen LogP contribution in [0.4, 0.5) is 0 Å². The Hall–Kier alpha value is -1.86. The monoisotopic (exact) mass is 145 g/mol. The molecule has 8 nitrogen and oxygen atoms in total. The first-order valence-corrected chi connectivity index (χ1v) is 2.18. The van der Waals surface area contributed by atoms with Gasteiger partial charge in [-0.1, -0.05) is 0 Å². The molecule has 0 aromatic heterocycles. The molecule has 56 valence electrons. The van der Waals surface area contributed by atoms with E-state index < -0.39 is 0 Å². The SMILES string of the molecule is N=CN(N=C(N)N)NN=O. The summed E-state index contributed by atoms with van der Waals surface area (Å²) in [5.41, 5.74) is 11.6. The van der Waals surface area contributed by atoms with Gasteiger partial charge in [0, 0.05) is 0 Å². The van der Waals surface area contributed by atoms with E-state index in [2.05, 4.69) is 10.4 Å². The molecule has 6 N–H and O–H groups in total. The Bertz CT molecular complexity index is 148. The molecule has 10 heavy (non-hydrogen) atoms. The van der Waals surface area contributed by atoms with Crippen LogP contribution in [0.3, 0.4) is 0 Å². The number of nitroso groups, excluding NO2 is 1. The van der Waals surface area contributed by atoms with Crippen molar-refractivity contribution < 1.29 is 0 Å². The number of nitrogens with two attached hydrogens (primary N) is 2. The molecule has 0 saturated heterocycles. The van der Waals surface area contributed by atoms with Crippen LogP contribution in [0.1, 0.15) is 0 Å². The van der Waals surface area contributed by atoms with Crippen molar-refractivity contribution in [2.45, 2.75) is 0 Å². The van der Waals surface area contributed by atoms with Crippen LogP contribution in [-0.2, 0) is 0 Å². The van der Waals surface area contributed by atoms with Crippen molar-refractivity contribution in [3.8, 4) is 0 Å². The van der Waals surface area contributed by atoms with Crippen molar-refractivity contribution >= 4 is 12.3 Å². The number of nitrogens with one attached hydrogen (secondary N) is 2. The number of hydrazine groups is 1. The topological polar surface area (TPSA) is 133 Å². The Morgan fingerprint density at radius 3 is 2.60 bits per heavy atom. The van der Waals surface area contributed by atoms with Gasteiger partial charge in [-0.05, 0) is 0 Å². The zero-order valence-electron chi connectivity index (χ0n) is 4.98. The number of nitrogens with zero attached hydrogens (tertiary/aromatic N) is 3. The summed E-state index contributed by atoms with van der Waals surface area (Å²) in [7, 11) is 0. The summed E-state index contributed by atoms with van der Waals surface area (Å²) >= 11 is 0. The van der Waals surface area contributed by atoms with Gasteiger partial charge in [0.1, 0.15) is 6.34 Å². The second kappa shape index (κ2) is 4.06. The largest absolute Gasteiger partial charge is 0.369 e. The molecule has 0 spiro atoms. The maximum absolute atomic E-state index is 9.50. The molecule has 0 amide bonds. The van der Waals surface area contributed by atoms with Crippen molar-refractivity contribution in [1.29, 1.82) is 5.41 Å². The minimum Gasteiger partial charge on any atom is -0.369 e. The minimum atomic E-state index is -0.278. The van der Waals surface area contributed by atoms with Crippen LogP contribution >= 0.6 is 0 Å². The Morgan fingerprint density at radius 2 is 2.30 bits per heavy atom. The van der Waals surface area contributed by atoms with Crippen LogP contribution in [0.25, 0.3) is 0 Å². The molecule has 0 atom stereocenters. The smallest absolute Gasteiger partial charge is 0.211 e. The number of guanidine groups is 1. The fourth-order valence-electron chi connectivity index (χ4n) is 0.246. The molecule has 0 bridgehead atoms. The van der Waals surface area contributed by atoms with Crippen molar-refractivity contribution in [1.82, 2.24) is 10.7 Å². The molecule has 0 aliphatic rings. The first-order valence-electron chi connectivity index (χ1n) is 2.18. The molecule has 0 radical (unpaired) electrons. The third-order valence-electron chi connectivity index (χ3n) is 0.489. The van der Waals surface area contributed by atoms with E-state index in [1.807, 2.05) is 0 Å². The lowest BCUT2D eigenvalue weighted by atomic mass is 11.1. The number of hydrogen-bond donors (Lipinski definition) is 4. The molecule has 0 rings (SSSR count). The van der Waals surface area contributed by atoms with Gasteiger partial charge in [-0.15, -0.1) is 15.1 Å². The molecular weight excluding hydrogens is 138 g/mol. The predicted octanol–water partition coefficient (Wildman–Crippen LogP) is -1.73. The minimum absolute atomic E-state index is 0.278. The highest BCUT2D eigenvalue weighted by atomic mass is 16.3. The zero-order valence-corrected chi connectivity index (χ0v) is 4.98. The van der Waals surface area contributed by atoms with E-state index >= 15 is 0 Å². The van der Waals surface area contributed by atoms with E-state index in [1.54, 1.807) is 5.53 Å². The molecule has 8 heteroatoms. The Kier molecular flexibility index (Phi) is 3.31. The van der Waals surface area contributed by atoms with Crippen molar-refractivity contribution in [2.75, 3.05) is 0 Å². The van der Waals surface area contributed by atoms with Crippen molar-refractivity contribution in [3.05, 3.63) is 4.91 Å². The maximum Gasteiger partial charge on any atom is 0.211 e.